The van der Waals surface area contributed by atoms with Crippen molar-refractivity contribution in [1.29, 1.82) is 0 Å². The van der Waals surface area contributed by atoms with Gasteiger partial charge in [-0.25, -0.2) is 12.8 Å². The van der Waals surface area contributed by atoms with Gasteiger partial charge in [-0.1, -0.05) is 29.8 Å². The van der Waals surface area contributed by atoms with Gasteiger partial charge in [-0.2, -0.15) is 4.31 Å². The van der Waals surface area contributed by atoms with Crippen molar-refractivity contribution in [2.75, 3.05) is 26.2 Å². The van der Waals surface area contributed by atoms with Crippen LogP contribution in [0, 0.1) is 15.9 Å². The van der Waals surface area contributed by atoms with Gasteiger partial charge in [0.15, 0.2) is 0 Å². The van der Waals surface area contributed by atoms with Crippen molar-refractivity contribution in [3.8, 4) is 0 Å². The zero-order valence-electron chi connectivity index (χ0n) is 15.6. The summed E-state index contributed by atoms with van der Waals surface area (Å²) in [6.45, 7) is 0.334. The molecule has 1 saturated heterocycles. The van der Waals surface area contributed by atoms with Gasteiger partial charge in [-0.05, 0) is 29.8 Å². The number of halogens is 2. The lowest BCUT2D eigenvalue weighted by atomic mass is 10.2. The molecule has 0 N–H and O–H groups in total. The average molecular weight is 454 g/mol. The van der Waals surface area contributed by atoms with Gasteiger partial charge in [0.2, 0.25) is 15.9 Å². The Morgan fingerprint density at radius 3 is 2.43 bits per heavy atom. The number of nitro groups is 1. The number of hydrogen-bond acceptors (Lipinski definition) is 5. The molecule has 11 heteroatoms. The molecule has 0 atom stereocenters. The number of piperazine rings is 1. The Labute approximate surface area is 177 Å². The number of amides is 1. The molecule has 0 aromatic heterocycles. The molecule has 3 rings (SSSR count). The predicted molar refractivity (Wildman–Crippen MR) is 109 cm³/mol. The molecule has 8 nitrogen and oxygen atoms in total. The Kier molecular flexibility index (Phi) is 6.49. The SMILES string of the molecule is O=C(/C=C/c1ccc(Cl)c([N+](=O)[O-])c1)N1CCN(S(=O)(=O)c2ccccc2F)CC1. The minimum Gasteiger partial charge on any atom is -0.337 e. The summed E-state index contributed by atoms with van der Waals surface area (Å²) in [7, 11) is -3.99. The second-order valence-electron chi connectivity index (χ2n) is 6.46. The van der Waals surface area contributed by atoms with E-state index in [4.69, 9.17) is 11.6 Å². The van der Waals surface area contributed by atoms with Crippen LogP contribution in [0.5, 0.6) is 0 Å². The number of sulfonamides is 1. The molecule has 1 aliphatic rings. The molecule has 1 heterocycles. The number of carbonyl (C=O) groups is 1. The summed E-state index contributed by atoms with van der Waals surface area (Å²) in [6, 6.07) is 9.31. The third kappa shape index (κ3) is 4.66. The summed E-state index contributed by atoms with van der Waals surface area (Å²) in [5.41, 5.74) is 0.165. The maximum absolute atomic E-state index is 13.9. The highest BCUT2D eigenvalue weighted by Crippen LogP contribution is 2.25. The molecule has 0 unspecified atom stereocenters. The fraction of sp³-hybridized carbons (Fsp3) is 0.211. The molecule has 30 heavy (non-hydrogen) atoms. The lowest BCUT2D eigenvalue weighted by Crippen LogP contribution is -2.50. The first-order valence-corrected chi connectivity index (χ1v) is 10.7. The van der Waals surface area contributed by atoms with E-state index in [2.05, 4.69) is 0 Å². The maximum atomic E-state index is 13.9. The monoisotopic (exact) mass is 453 g/mol. The van der Waals surface area contributed by atoms with Crippen LogP contribution >= 0.6 is 11.6 Å². The van der Waals surface area contributed by atoms with Crippen molar-refractivity contribution in [2.45, 2.75) is 4.90 Å². The first-order chi connectivity index (χ1) is 14.2. The molecular formula is C19H17ClFN3O5S. The van der Waals surface area contributed by atoms with Crippen molar-refractivity contribution in [1.82, 2.24) is 9.21 Å². The summed E-state index contributed by atoms with van der Waals surface area (Å²) in [5, 5.41) is 10.9. The van der Waals surface area contributed by atoms with Crippen LogP contribution in [0.25, 0.3) is 6.08 Å². The Morgan fingerprint density at radius 2 is 1.80 bits per heavy atom. The summed E-state index contributed by atoms with van der Waals surface area (Å²) in [4.78, 5) is 23.8. The van der Waals surface area contributed by atoms with E-state index in [0.29, 0.717) is 5.56 Å². The minimum atomic E-state index is -3.99. The second-order valence-corrected chi connectivity index (χ2v) is 8.77. The predicted octanol–water partition coefficient (Wildman–Crippen LogP) is 2.93. The van der Waals surface area contributed by atoms with Crippen LogP contribution in [-0.4, -0.2) is 54.6 Å². The summed E-state index contributed by atoms with van der Waals surface area (Å²) in [5.74, 6) is -1.19. The Hall–Kier alpha value is -2.82. The van der Waals surface area contributed by atoms with Gasteiger partial charge >= 0.3 is 0 Å². The van der Waals surface area contributed by atoms with Gasteiger partial charge in [0.05, 0.1) is 4.92 Å². The van der Waals surface area contributed by atoms with E-state index in [1.54, 1.807) is 0 Å². The van der Waals surface area contributed by atoms with Gasteiger partial charge in [0.1, 0.15) is 15.7 Å². The Bertz CT molecular complexity index is 1110. The zero-order valence-corrected chi connectivity index (χ0v) is 17.1. The minimum absolute atomic E-state index is 0.00402. The molecule has 0 aliphatic carbocycles. The number of benzene rings is 2. The number of hydrogen-bond donors (Lipinski definition) is 0. The van der Waals surface area contributed by atoms with Crippen LogP contribution in [0.1, 0.15) is 5.56 Å². The fourth-order valence-electron chi connectivity index (χ4n) is 2.99. The number of nitrogens with zero attached hydrogens (tertiary/aromatic N) is 3. The molecule has 1 amide bonds. The molecule has 0 saturated carbocycles. The molecule has 2 aromatic carbocycles. The molecular weight excluding hydrogens is 437 g/mol. The largest absolute Gasteiger partial charge is 0.337 e. The highest BCUT2D eigenvalue weighted by molar-refractivity contribution is 7.89. The van der Waals surface area contributed by atoms with Crippen molar-refractivity contribution in [3.63, 3.8) is 0 Å². The van der Waals surface area contributed by atoms with Crippen LogP contribution < -0.4 is 0 Å². The standard InChI is InChI=1S/C19H17ClFN3O5S/c20-15-7-5-14(13-17(15)24(26)27)6-8-19(25)22-9-11-23(12-10-22)30(28,29)18-4-2-1-3-16(18)21/h1-8,13H,9-12H2/b8-6+. The summed E-state index contributed by atoms with van der Waals surface area (Å²) < 4.78 is 40.2. The van der Waals surface area contributed by atoms with Crippen molar-refractivity contribution < 1.29 is 22.5 Å². The maximum Gasteiger partial charge on any atom is 0.288 e. The molecule has 0 bridgehead atoms. The summed E-state index contributed by atoms with van der Waals surface area (Å²) in [6.07, 6.45) is 2.68. The van der Waals surface area contributed by atoms with E-state index in [9.17, 15) is 27.7 Å². The highest BCUT2D eigenvalue weighted by atomic mass is 35.5. The van der Waals surface area contributed by atoms with Crippen LogP contribution in [0.15, 0.2) is 53.4 Å². The van der Waals surface area contributed by atoms with Crippen molar-refractivity contribution in [3.05, 3.63) is 75.1 Å². The van der Waals surface area contributed by atoms with Crippen molar-refractivity contribution >= 4 is 39.3 Å². The molecule has 158 valence electrons. The van der Waals surface area contributed by atoms with Crippen LogP contribution in [-0.2, 0) is 14.8 Å². The van der Waals surface area contributed by atoms with Gasteiger partial charge in [0, 0.05) is 38.3 Å². The third-order valence-corrected chi connectivity index (χ3v) is 6.84. The Morgan fingerprint density at radius 1 is 1.13 bits per heavy atom. The van der Waals surface area contributed by atoms with Crippen LogP contribution in [0.3, 0.4) is 0 Å². The van der Waals surface area contributed by atoms with Gasteiger partial charge in [-0.3, -0.25) is 14.9 Å². The molecule has 0 spiro atoms. The van der Waals surface area contributed by atoms with Gasteiger partial charge in [-0.15, -0.1) is 0 Å². The quantitative estimate of drug-likeness (QED) is 0.393. The first kappa shape index (κ1) is 21.9. The molecule has 2 aromatic rings. The van der Waals surface area contributed by atoms with Crippen molar-refractivity contribution in [2.24, 2.45) is 0 Å². The fourth-order valence-corrected chi connectivity index (χ4v) is 4.66. The van der Waals surface area contributed by atoms with Gasteiger partial charge in [0.25, 0.3) is 5.69 Å². The first-order valence-electron chi connectivity index (χ1n) is 8.86. The van der Waals surface area contributed by atoms with Crippen LogP contribution in [0.4, 0.5) is 10.1 Å². The zero-order chi connectivity index (χ0) is 21.9. The van der Waals surface area contributed by atoms with Gasteiger partial charge < -0.3 is 4.90 Å². The molecule has 1 aliphatic heterocycles. The molecule has 1 fully saturated rings. The van der Waals surface area contributed by atoms with Crippen LogP contribution in [0.2, 0.25) is 5.02 Å². The smallest absolute Gasteiger partial charge is 0.288 e. The molecule has 0 radical (unpaired) electrons. The number of nitro benzene ring substituents is 1. The second kappa shape index (κ2) is 8.90. The van der Waals surface area contributed by atoms with E-state index < -0.39 is 25.7 Å². The highest BCUT2D eigenvalue weighted by Gasteiger charge is 2.31. The third-order valence-electron chi connectivity index (χ3n) is 4.59. The van der Waals surface area contributed by atoms with E-state index >= 15 is 0 Å². The summed E-state index contributed by atoms with van der Waals surface area (Å²) >= 11 is 5.76. The Balaban J connectivity index is 1.65. The normalized spacial score (nSPS) is 15.5. The average Bonchev–Trinajstić information content (AvgIpc) is 2.73. The van der Waals surface area contributed by atoms with E-state index in [0.717, 1.165) is 10.4 Å². The lowest BCUT2D eigenvalue weighted by Gasteiger charge is -2.33. The van der Waals surface area contributed by atoms with E-state index in [1.807, 2.05) is 0 Å². The lowest BCUT2D eigenvalue weighted by molar-refractivity contribution is -0.384. The van der Waals surface area contributed by atoms with E-state index in [-0.39, 0.29) is 42.8 Å². The number of carbonyl (C=O) groups excluding carboxylic acids is 1. The number of rotatable bonds is 5. The van der Waals surface area contributed by atoms with E-state index in [1.165, 1.54) is 53.5 Å². The topological polar surface area (TPSA) is 101 Å².